The van der Waals surface area contributed by atoms with Gasteiger partial charge in [-0.3, -0.25) is 14.8 Å². The summed E-state index contributed by atoms with van der Waals surface area (Å²) >= 11 is 0. The molecule has 6 heteroatoms. The summed E-state index contributed by atoms with van der Waals surface area (Å²) in [4.78, 5) is 17.6. The molecule has 3 aromatic rings. The largest absolute Gasteiger partial charge is 0.307 e. The predicted molar refractivity (Wildman–Crippen MR) is 105 cm³/mol. The molecule has 1 amide bonds. The summed E-state index contributed by atoms with van der Waals surface area (Å²) in [7, 11) is 1.91. The van der Waals surface area contributed by atoms with E-state index in [1.54, 1.807) is 4.68 Å². The third-order valence-electron chi connectivity index (χ3n) is 6.05. The van der Waals surface area contributed by atoms with Crippen LogP contribution in [-0.4, -0.2) is 25.2 Å². The van der Waals surface area contributed by atoms with Crippen LogP contribution in [0.3, 0.4) is 0 Å². The van der Waals surface area contributed by atoms with Crippen molar-refractivity contribution in [1.82, 2.24) is 19.3 Å². The van der Waals surface area contributed by atoms with E-state index in [4.69, 9.17) is 4.98 Å². The summed E-state index contributed by atoms with van der Waals surface area (Å²) in [5.74, 6) is 1.10. The monoisotopic (exact) mass is 363 g/mol. The molecule has 2 fully saturated rings. The molecule has 2 aliphatic rings. The molecule has 2 saturated carbocycles. The molecule has 2 atom stereocenters. The van der Waals surface area contributed by atoms with Gasteiger partial charge in [-0.2, -0.15) is 5.10 Å². The molecule has 2 heterocycles. The van der Waals surface area contributed by atoms with E-state index in [-0.39, 0.29) is 17.7 Å². The third kappa shape index (κ3) is 3.03. The molecule has 27 heavy (non-hydrogen) atoms. The first-order valence-electron chi connectivity index (χ1n) is 9.97. The lowest BCUT2D eigenvalue weighted by atomic mass is 9.95. The average Bonchev–Trinajstić information content (AvgIpc) is 3.24. The van der Waals surface area contributed by atoms with Gasteiger partial charge in [0.2, 0.25) is 11.9 Å². The first-order chi connectivity index (χ1) is 13.2. The van der Waals surface area contributed by atoms with E-state index in [0.29, 0.717) is 12.0 Å². The molecule has 0 spiro atoms. The number of para-hydroxylation sites is 2. The van der Waals surface area contributed by atoms with E-state index in [2.05, 4.69) is 21.0 Å². The van der Waals surface area contributed by atoms with Crippen LogP contribution in [0.25, 0.3) is 11.0 Å². The molecule has 6 nitrogen and oxygen atoms in total. The molecule has 0 aliphatic heterocycles. The summed E-state index contributed by atoms with van der Waals surface area (Å²) in [5, 5.41) is 7.38. The molecule has 5 rings (SSSR count). The zero-order valence-corrected chi connectivity index (χ0v) is 15.6. The van der Waals surface area contributed by atoms with E-state index >= 15 is 0 Å². The average molecular weight is 363 g/mol. The van der Waals surface area contributed by atoms with Crippen molar-refractivity contribution in [3.8, 4) is 0 Å². The van der Waals surface area contributed by atoms with Crippen LogP contribution in [0.4, 0.5) is 5.95 Å². The van der Waals surface area contributed by atoms with E-state index in [1.165, 1.54) is 19.3 Å². The van der Waals surface area contributed by atoms with Crippen molar-refractivity contribution >= 4 is 22.9 Å². The first kappa shape index (κ1) is 16.5. The lowest BCUT2D eigenvalue weighted by molar-refractivity contribution is -0.117. The molecule has 1 N–H and O–H groups in total. The fourth-order valence-corrected chi connectivity index (χ4v) is 4.53. The molecule has 0 saturated heterocycles. The highest BCUT2D eigenvalue weighted by Crippen LogP contribution is 2.48. The number of benzene rings is 1. The van der Waals surface area contributed by atoms with Gasteiger partial charge in [-0.05, 0) is 42.9 Å². The van der Waals surface area contributed by atoms with Crippen molar-refractivity contribution in [2.45, 2.75) is 50.5 Å². The van der Waals surface area contributed by atoms with Gasteiger partial charge in [-0.25, -0.2) is 4.98 Å². The van der Waals surface area contributed by atoms with E-state index in [9.17, 15) is 4.79 Å². The fraction of sp³-hybridized carbons (Fsp3) is 0.476. The van der Waals surface area contributed by atoms with Gasteiger partial charge in [-0.15, -0.1) is 0 Å². The number of aryl methyl sites for hydroxylation is 1. The maximum atomic E-state index is 12.9. The second-order valence-electron chi connectivity index (χ2n) is 7.97. The Balaban J connectivity index is 1.40. The Morgan fingerprint density at radius 1 is 1.19 bits per heavy atom. The van der Waals surface area contributed by atoms with E-state index < -0.39 is 0 Å². The highest BCUT2D eigenvalue weighted by molar-refractivity contribution is 5.95. The van der Waals surface area contributed by atoms with Crippen LogP contribution >= 0.6 is 0 Å². The number of carbonyl (C=O) groups is 1. The third-order valence-corrected chi connectivity index (χ3v) is 6.05. The number of hydrogen-bond donors (Lipinski definition) is 1. The lowest BCUT2D eigenvalue weighted by Crippen LogP contribution is -2.21. The Bertz CT molecular complexity index is 982. The SMILES string of the molecule is Cn1cc([C@H]2C[C@H]2C(=O)Nc2nc3ccccc3n2C2CCCCC2)cn1. The zero-order valence-electron chi connectivity index (χ0n) is 15.6. The fourth-order valence-electron chi connectivity index (χ4n) is 4.53. The second kappa shape index (κ2) is 6.51. The topological polar surface area (TPSA) is 64.7 Å². The van der Waals surface area contributed by atoms with Gasteiger partial charge in [0.1, 0.15) is 0 Å². The summed E-state index contributed by atoms with van der Waals surface area (Å²) in [5.41, 5.74) is 3.23. The van der Waals surface area contributed by atoms with Crippen LogP contribution < -0.4 is 5.32 Å². The Labute approximate surface area is 158 Å². The highest BCUT2D eigenvalue weighted by Gasteiger charge is 2.45. The van der Waals surface area contributed by atoms with Crippen LogP contribution in [0.1, 0.15) is 56.0 Å². The van der Waals surface area contributed by atoms with Crippen molar-refractivity contribution in [2.75, 3.05) is 5.32 Å². The minimum absolute atomic E-state index is 0.0221. The molecule has 2 aliphatic carbocycles. The maximum Gasteiger partial charge on any atom is 0.230 e. The standard InChI is InChI=1S/C21H25N5O/c1-25-13-14(12-22-25)16-11-17(16)20(27)24-21-23-18-9-5-6-10-19(18)26(21)15-7-3-2-4-8-15/h5-6,9-10,12-13,15-17H,2-4,7-8,11H2,1H3,(H,23,24,27)/t16-,17-/m1/s1. The molecule has 0 radical (unpaired) electrons. The number of nitrogens with zero attached hydrogens (tertiary/aromatic N) is 4. The van der Waals surface area contributed by atoms with Crippen molar-refractivity contribution < 1.29 is 4.79 Å². The Morgan fingerprint density at radius 3 is 2.78 bits per heavy atom. The number of anilines is 1. The van der Waals surface area contributed by atoms with E-state index in [0.717, 1.165) is 35.9 Å². The molecule has 2 aromatic heterocycles. The maximum absolute atomic E-state index is 12.9. The first-order valence-corrected chi connectivity index (χ1v) is 9.97. The van der Waals surface area contributed by atoms with Crippen LogP contribution in [-0.2, 0) is 11.8 Å². The second-order valence-corrected chi connectivity index (χ2v) is 7.97. The number of carbonyl (C=O) groups excluding carboxylic acids is 1. The van der Waals surface area contributed by atoms with Gasteiger partial charge in [0.15, 0.2) is 0 Å². The van der Waals surface area contributed by atoms with Gasteiger partial charge in [0.25, 0.3) is 0 Å². The van der Waals surface area contributed by atoms with Crippen LogP contribution in [0.5, 0.6) is 0 Å². The van der Waals surface area contributed by atoms with Crippen molar-refractivity contribution in [2.24, 2.45) is 13.0 Å². The van der Waals surface area contributed by atoms with Crippen molar-refractivity contribution in [3.63, 3.8) is 0 Å². The number of imidazole rings is 1. The smallest absolute Gasteiger partial charge is 0.230 e. The van der Waals surface area contributed by atoms with Gasteiger partial charge in [-0.1, -0.05) is 31.4 Å². The number of amides is 1. The number of aromatic nitrogens is 4. The summed E-state index contributed by atoms with van der Waals surface area (Å²) in [6, 6.07) is 8.62. The quantitative estimate of drug-likeness (QED) is 0.761. The normalized spacial score (nSPS) is 22.9. The number of rotatable bonds is 4. The molecule has 140 valence electrons. The molecular formula is C21H25N5O. The Kier molecular flexibility index (Phi) is 3.99. The van der Waals surface area contributed by atoms with Gasteiger partial charge in [0, 0.05) is 25.2 Å². The van der Waals surface area contributed by atoms with Crippen molar-refractivity contribution in [1.29, 1.82) is 0 Å². The number of nitrogens with one attached hydrogen (secondary N) is 1. The van der Waals surface area contributed by atoms with E-state index in [1.807, 2.05) is 37.6 Å². The molecular weight excluding hydrogens is 338 g/mol. The highest BCUT2D eigenvalue weighted by atomic mass is 16.2. The molecule has 0 unspecified atom stereocenters. The summed E-state index contributed by atoms with van der Waals surface area (Å²) < 4.78 is 4.07. The summed E-state index contributed by atoms with van der Waals surface area (Å²) in [6.45, 7) is 0. The number of fused-ring (bicyclic) bond motifs is 1. The minimum Gasteiger partial charge on any atom is -0.307 e. The van der Waals surface area contributed by atoms with Crippen LogP contribution in [0, 0.1) is 5.92 Å². The van der Waals surface area contributed by atoms with Gasteiger partial charge >= 0.3 is 0 Å². The van der Waals surface area contributed by atoms with Crippen molar-refractivity contribution in [3.05, 3.63) is 42.2 Å². The minimum atomic E-state index is 0.0221. The number of hydrogen-bond acceptors (Lipinski definition) is 3. The predicted octanol–water partition coefficient (Wildman–Crippen LogP) is 4.02. The van der Waals surface area contributed by atoms with Gasteiger partial charge < -0.3 is 4.57 Å². The summed E-state index contributed by atoms with van der Waals surface area (Å²) in [6.07, 6.45) is 10.9. The zero-order chi connectivity index (χ0) is 18.4. The van der Waals surface area contributed by atoms with Crippen LogP contribution in [0.15, 0.2) is 36.7 Å². The molecule has 0 bridgehead atoms. The Morgan fingerprint density at radius 2 is 2.00 bits per heavy atom. The molecule has 1 aromatic carbocycles. The van der Waals surface area contributed by atoms with Gasteiger partial charge in [0.05, 0.1) is 17.2 Å². The van der Waals surface area contributed by atoms with Crippen LogP contribution in [0.2, 0.25) is 0 Å². The lowest BCUT2D eigenvalue weighted by Gasteiger charge is -2.25. The Hall–Kier alpha value is -2.63.